The summed E-state index contributed by atoms with van der Waals surface area (Å²) in [6.45, 7) is 3.68. The van der Waals surface area contributed by atoms with Gasteiger partial charge in [0.25, 0.3) is 5.91 Å². The smallest absolute Gasteiger partial charge is 0.251 e. The molecule has 0 aromatic heterocycles. The summed E-state index contributed by atoms with van der Waals surface area (Å²) in [4.78, 5) is 48.5. The van der Waals surface area contributed by atoms with Gasteiger partial charge < -0.3 is 19.8 Å². The lowest BCUT2D eigenvalue weighted by Crippen LogP contribution is -2.53. The first-order valence-electron chi connectivity index (χ1n) is 14.2. The van der Waals surface area contributed by atoms with Crippen molar-refractivity contribution < 1.29 is 19.5 Å². The number of hydrogen-bond donors (Lipinski definition) is 1. The van der Waals surface area contributed by atoms with Crippen molar-refractivity contribution in [3.8, 4) is 0 Å². The quantitative estimate of drug-likeness (QED) is 0.384. The number of carbonyl (C=O) groups excluding carboxylic acids is 3. The Kier molecular flexibility index (Phi) is 7.51. The Morgan fingerprint density at radius 1 is 0.902 bits per heavy atom. The predicted octanol–water partition coefficient (Wildman–Crippen LogP) is 4.30. The van der Waals surface area contributed by atoms with Crippen LogP contribution in [-0.4, -0.2) is 74.4 Å². The summed E-state index contributed by atoms with van der Waals surface area (Å²) in [6.07, 6.45) is 9.22. The zero-order valence-corrected chi connectivity index (χ0v) is 24.6. The summed E-state index contributed by atoms with van der Waals surface area (Å²) in [7, 11) is 0. The number of rotatable bonds is 7. The summed E-state index contributed by atoms with van der Waals surface area (Å²) in [6, 6.07) is 16.2. The molecule has 3 amide bonds. The molecule has 7 nitrogen and oxygen atoms in total. The molecular weight excluding hydrogens is 558 g/mol. The van der Waals surface area contributed by atoms with Gasteiger partial charge in [0.15, 0.2) is 0 Å². The van der Waals surface area contributed by atoms with E-state index in [0.717, 1.165) is 5.56 Å². The lowest BCUT2D eigenvalue weighted by Gasteiger charge is -2.37. The first-order chi connectivity index (χ1) is 19.8. The second kappa shape index (κ2) is 11.0. The van der Waals surface area contributed by atoms with Gasteiger partial charge in [-0.25, -0.2) is 0 Å². The Morgan fingerprint density at radius 2 is 1.63 bits per heavy atom. The SMILES string of the molecule is C[C@]12C=CCN(Cc3ccccc3)C(=O)[C@H]1[C@H]1C(=O)N(CCCCO)C3C(=O)N(c4ccc(Cl)cc4)CC=C[C@@]31S2. The maximum absolute atomic E-state index is 14.5. The molecule has 41 heavy (non-hydrogen) atoms. The van der Waals surface area contributed by atoms with Gasteiger partial charge >= 0.3 is 0 Å². The summed E-state index contributed by atoms with van der Waals surface area (Å²) >= 11 is 7.72. The second-order valence-corrected chi connectivity index (χ2v) is 13.6. The molecule has 0 aliphatic carbocycles. The van der Waals surface area contributed by atoms with E-state index >= 15 is 0 Å². The minimum absolute atomic E-state index is 0.0131. The van der Waals surface area contributed by atoms with Crippen LogP contribution in [0.2, 0.25) is 5.02 Å². The highest BCUT2D eigenvalue weighted by molar-refractivity contribution is 8.02. The fourth-order valence-electron chi connectivity index (χ4n) is 7.00. The van der Waals surface area contributed by atoms with Crippen LogP contribution < -0.4 is 4.90 Å². The zero-order valence-electron chi connectivity index (χ0n) is 23.0. The number of likely N-dealkylation sites (tertiary alicyclic amines) is 1. The number of aliphatic hydroxyl groups excluding tert-OH is 1. The Labute approximate surface area is 249 Å². The molecule has 1 unspecified atom stereocenters. The number of carbonyl (C=O) groups is 3. The summed E-state index contributed by atoms with van der Waals surface area (Å²) < 4.78 is -1.55. The number of halogens is 1. The first-order valence-corrected chi connectivity index (χ1v) is 15.3. The first kappa shape index (κ1) is 28.1. The van der Waals surface area contributed by atoms with Gasteiger partial charge in [0.2, 0.25) is 11.8 Å². The average Bonchev–Trinajstić information content (AvgIpc) is 3.23. The molecule has 214 valence electrons. The number of thioether (sulfide) groups is 1. The number of nitrogens with zero attached hydrogens (tertiary/aromatic N) is 3. The number of anilines is 1. The van der Waals surface area contributed by atoms with Crippen molar-refractivity contribution in [3.63, 3.8) is 0 Å². The molecule has 5 atom stereocenters. The van der Waals surface area contributed by atoms with E-state index in [9.17, 15) is 19.5 Å². The molecule has 2 aromatic rings. The van der Waals surface area contributed by atoms with Crippen molar-refractivity contribution in [3.05, 3.63) is 89.5 Å². The third-order valence-corrected chi connectivity index (χ3v) is 10.9. The van der Waals surface area contributed by atoms with E-state index in [1.807, 2.05) is 72.5 Å². The van der Waals surface area contributed by atoms with Gasteiger partial charge in [-0.1, -0.05) is 66.2 Å². The summed E-state index contributed by atoms with van der Waals surface area (Å²) in [5.41, 5.74) is 1.74. The van der Waals surface area contributed by atoms with Crippen LogP contribution in [0.15, 0.2) is 78.9 Å². The van der Waals surface area contributed by atoms with Gasteiger partial charge in [-0.15, -0.1) is 11.8 Å². The molecule has 0 radical (unpaired) electrons. The fourth-order valence-corrected chi connectivity index (χ4v) is 9.29. The minimum Gasteiger partial charge on any atom is -0.396 e. The van der Waals surface area contributed by atoms with Crippen molar-refractivity contribution in [2.75, 3.05) is 31.1 Å². The van der Waals surface area contributed by atoms with Crippen LogP contribution in [0.25, 0.3) is 0 Å². The minimum atomic E-state index is -0.899. The van der Waals surface area contributed by atoms with Crippen molar-refractivity contribution in [2.45, 2.75) is 41.8 Å². The van der Waals surface area contributed by atoms with E-state index in [1.165, 1.54) is 0 Å². The van der Waals surface area contributed by atoms with Crippen LogP contribution in [-0.2, 0) is 20.9 Å². The monoisotopic (exact) mass is 591 g/mol. The molecule has 4 aliphatic rings. The molecule has 2 fully saturated rings. The number of amides is 3. The Bertz CT molecular complexity index is 1400. The summed E-state index contributed by atoms with van der Waals surface area (Å²) in [5.74, 6) is -1.68. The molecule has 2 saturated heterocycles. The highest BCUT2D eigenvalue weighted by atomic mass is 35.5. The van der Waals surface area contributed by atoms with E-state index in [1.54, 1.807) is 33.7 Å². The Balaban J connectivity index is 1.41. The average molecular weight is 592 g/mol. The zero-order chi connectivity index (χ0) is 28.8. The van der Waals surface area contributed by atoms with E-state index < -0.39 is 27.4 Å². The van der Waals surface area contributed by atoms with Crippen molar-refractivity contribution in [1.82, 2.24) is 9.80 Å². The van der Waals surface area contributed by atoms with Gasteiger partial charge in [-0.3, -0.25) is 14.4 Å². The molecular formula is C32H34ClN3O4S. The van der Waals surface area contributed by atoms with Gasteiger partial charge in [-0.2, -0.15) is 0 Å². The van der Waals surface area contributed by atoms with Crippen LogP contribution >= 0.6 is 23.4 Å². The normalized spacial score (nSPS) is 30.8. The fraction of sp³-hybridized carbons (Fsp3) is 0.406. The van der Waals surface area contributed by atoms with Crippen LogP contribution in [0, 0.1) is 11.8 Å². The van der Waals surface area contributed by atoms with Crippen LogP contribution in [0.5, 0.6) is 0 Å². The Hall–Kier alpha value is -3.07. The van der Waals surface area contributed by atoms with Crippen molar-refractivity contribution in [1.29, 1.82) is 0 Å². The number of fused-ring (bicyclic) bond motifs is 2. The number of benzene rings is 2. The third-order valence-electron chi connectivity index (χ3n) is 8.80. The lowest BCUT2D eigenvalue weighted by molar-refractivity contribution is -0.144. The molecule has 6 rings (SSSR count). The maximum atomic E-state index is 14.5. The number of aliphatic hydroxyl groups is 1. The number of unbranched alkanes of at least 4 members (excludes halogenated alkanes) is 1. The van der Waals surface area contributed by atoms with Gasteiger partial charge in [-0.05, 0) is 49.6 Å². The number of hydrogen-bond acceptors (Lipinski definition) is 5. The highest BCUT2D eigenvalue weighted by Crippen LogP contribution is 2.65. The molecule has 4 aliphatic heterocycles. The topological polar surface area (TPSA) is 81.2 Å². The molecule has 0 bridgehead atoms. The van der Waals surface area contributed by atoms with Crippen molar-refractivity contribution >= 4 is 46.8 Å². The summed E-state index contributed by atoms with van der Waals surface area (Å²) in [5, 5.41) is 10.0. The molecule has 9 heteroatoms. The van der Waals surface area contributed by atoms with E-state index in [4.69, 9.17) is 11.6 Å². The highest BCUT2D eigenvalue weighted by Gasteiger charge is 2.73. The van der Waals surface area contributed by atoms with Gasteiger partial charge in [0.1, 0.15) is 6.04 Å². The van der Waals surface area contributed by atoms with Gasteiger partial charge in [0.05, 0.1) is 16.6 Å². The van der Waals surface area contributed by atoms with Crippen LogP contribution in [0.4, 0.5) is 5.69 Å². The second-order valence-electron chi connectivity index (χ2n) is 11.4. The lowest BCUT2D eigenvalue weighted by atomic mass is 9.74. The third kappa shape index (κ3) is 4.70. The van der Waals surface area contributed by atoms with Crippen molar-refractivity contribution in [2.24, 2.45) is 11.8 Å². The molecule has 1 N–H and O–H groups in total. The predicted molar refractivity (Wildman–Crippen MR) is 161 cm³/mol. The van der Waals surface area contributed by atoms with Crippen LogP contribution in [0.3, 0.4) is 0 Å². The molecule has 2 aromatic carbocycles. The van der Waals surface area contributed by atoms with Crippen LogP contribution in [0.1, 0.15) is 25.3 Å². The van der Waals surface area contributed by atoms with E-state index in [0.29, 0.717) is 49.7 Å². The van der Waals surface area contributed by atoms with E-state index in [-0.39, 0.29) is 24.3 Å². The molecule has 4 heterocycles. The molecule has 1 spiro atoms. The molecule has 0 saturated carbocycles. The Morgan fingerprint density at radius 3 is 2.37 bits per heavy atom. The van der Waals surface area contributed by atoms with E-state index in [2.05, 4.69) is 6.08 Å². The van der Waals surface area contributed by atoms with Gasteiger partial charge in [0, 0.05) is 48.2 Å². The standard InChI is InChI=1S/C32H34ClN3O4S/c1-31-15-7-17-34(21-22-9-3-2-4-10-22)28(38)25(31)26-29(39)36(18-5-6-20-37)27-30(40)35(19-8-16-32(26,27)41-31)24-13-11-23(33)12-14-24/h2-4,7-16,25-27,37H,5-6,17-21H2,1H3/t25-,26+,27?,31+,32+/m1/s1. The largest absolute Gasteiger partial charge is 0.396 e. The maximum Gasteiger partial charge on any atom is 0.251 e.